The highest BCUT2D eigenvalue weighted by Gasteiger charge is 2.20. The van der Waals surface area contributed by atoms with E-state index < -0.39 is 0 Å². The standard InChI is InChI=1S/C54H33N7O/c1-4-15-34(16-5-1)49-55-50(35-17-6-2-7-18-35)58-53(57-49)38-29-32-42-43-23-14-24-44(48(43)62-47(42)33-38)54-59-51(36-19-8-3-9-20-36)56-52(60-54)37-27-30-39(31-28-37)61-45-25-12-10-21-40(45)41-22-11-13-26-46(41)61/h1-33H. The summed E-state index contributed by atoms with van der Waals surface area (Å²) in [5.41, 5.74) is 9.92. The minimum Gasteiger partial charge on any atom is -0.455 e. The molecule has 8 aromatic carbocycles. The lowest BCUT2D eigenvalue weighted by molar-refractivity contribution is 0.669. The molecule has 0 spiro atoms. The lowest BCUT2D eigenvalue weighted by atomic mass is 10.1. The van der Waals surface area contributed by atoms with E-state index in [1.807, 2.05) is 115 Å². The Bertz CT molecular complexity index is 3510. The van der Waals surface area contributed by atoms with Crippen LogP contribution in [-0.2, 0) is 0 Å². The Morgan fingerprint density at radius 1 is 0.306 bits per heavy atom. The lowest BCUT2D eigenvalue weighted by Crippen LogP contribution is -2.00. The predicted molar refractivity (Wildman–Crippen MR) is 247 cm³/mol. The molecule has 8 nitrogen and oxygen atoms in total. The number of hydrogen-bond donors (Lipinski definition) is 0. The maximum Gasteiger partial charge on any atom is 0.167 e. The van der Waals surface area contributed by atoms with Crippen molar-refractivity contribution in [3.8, 4) is 74.0 Å². The molecule has 12 rings (SSSR count). The zero-order chi connectivity index (χ0) is 41.0. The van der Waals surface area contributed by atoms with E-state index in [0.717, 1.165) is 60.9 Å². The number of hydrogen-bond acceptors (Lipinski definition) is 7. The van der Waals surface area contributed by atoms with Crippen LogP contribution in [0.1, 0.15) is 0 Å². The summed E-state index contributed by atoms with van der Waals surface area (Å²) >= 11 is 0. The maximum atomic E-state index is 6.77. The van der Waals surface area contributed by atoms with Crippen molar-refractivity contribution in [1.29, 1.82) is 0 Å². The van der Waals surface area contributed by atoms with Crippen molar-refractivity contribution >= 4 is 43.7 Å². The Morgan fingerprint density at radius 2 is 0.726 bits per heavy atom. The molecule has 0 aliphatic rings. The van der Waals surface area contributed by atoms with Gasteiger partial charge in [-0.15, -0.1) is 0 Å². The third-order valence-electron chi connectivity index (χ3n) is 11.3. The molecule has 8 heteroatoms. The van der Waals surface area contributed by atoms with Gasteiger partial charge < -0.3 is 8.98 Å². The number of benzene rings is 8. The van der Waals surface area contributed by atoms with E-state index in [4.69, 9.17) is 34.3 Å². The summed E-state index contributed by atoms with van der Waals surface area (Å²) in [7, 11) is 0. The Hall–Kier alpha value is -8.62. The second-order valence-corrected chi connectivity index (χ2v) is 15.1. The smallest absolute Gasteiger partial charge is 0.167 e. The molecule has 0 aliphatic carbocycles. The second-order valence-electron chi connectivity index (χ2n) is 15.1. The molecule has 0 saturated carbocycles. The quantitative estimate of drug-likeness (QED) is 0.158. The van der Waals surface area contributed by atoms with Crippen molar-refractivity contribution in [3.63, 3.8) is 0 Å². The third kappa shape index (κ3) is 6.09. The number of furan rings is 1. The fourth-order valence-corrected chi connectivity index (χ4v) is 8.35. The molecular formula is C54H33N7O. The highest BCUT2D eigenvalue weighted by Crippen LogP contribution is 2.38. The molecule has 0 amide bonds. The fraction of sp³-hybridized carbons (Fsp3) is 0. The van der Waals surface area contributed by atoms with Gasteiger partial charge in [-0.25, -0.2) is 29.9 Å². The Kier molecular flexibility index (Phi) is 8.31. The van der Waals surface area contributed by atoms with E-state index >= 15 is 0 Å². The first kappa shape index (κ1) is 35.3. The summed E-state index contributed by atoms with van der Waals surface area (Å²) in [5.74, 6) is 3.41. The molecule has 0 radical (unpaired) electrons. The van der Waals surface area contributed by atoms with Crippen molar-refractivity contribution < 1.29 is 4.42 Å². The zero-order valence-electron chi connectivity index (χ0n) is 33.1. The molecule has 0 saturated heterocycles. The molecule has 12 aromatic rings. The van der Waals surface area contributed by atoms with Crippen LogP contribution < -0.4 is 0 Å². The summed E-state index contributed by atoms with van der Waals surface area (Å²) < 4.78 is 9.08. The van der Waals surface area contributed by atoms with Crippen LogP contribution in [0.25, 0.3) is 118 Å². The van der Waals surface area contributed by atoms with Gasteiger partial charge in [0, 0.05) is 55.0 Å². The van der Waals surface area contributed by atoms with Gasteiger partial charge in [-0.1, -0.05) is 146 Å². The average Bonchev–Trinajstić information content (AvgIpc) is 3.90. The summed E-state index contributed by atoms with van der Waals surface area (Å²) in [5, 5.41) is 4.36. The Labute approximate surface area is 355 Å². The summed E-state index contributed by atoms with van der Waals surface area (Å²) in [6.07, 6.45) is 0. The van der Waals surface area contributed by atoms with Gasteiger partial charge in [-0.2, -0.15) is 0 Å². The molecule has 0 fully saturated rings. The van der Waals surface area contributed by atoms with Gasteiger partial charge >= 0.3 is 0 Å². The van der Waals surface area contributed by atoms with Gasteiger partial charge in [0.2, 0.25) is 0 Å². The molecule has 290 valence electrons. The molecule has 62 heavy (non-hydrogen) atoms. The van der Waals surface area contributed by atoms with Crippen LogP contribution in [0.2, 0.25) is 0 Å². The van der Waals surface area contributed by atoms with Gasteiger partial charge in [-0.3, -0.25) is 0 Å². The Balaban J connectivity index is 0.974. The van der Waals surface area contributed by atoms with Gasteiger partial charge in [0.05, 0.1) is 16.6 Å². The topological polar surface area (TPSA) is 95.4 Å². The summed E-state index contributed by atoms with van der Waals surface area (Å²) in [6.45, 7) is 0. The summed E-state index contributed by atoms with van der Waals surface area (Å²) in [6, 6.07) is 67.7. The number of fused-ring (bicyclic) bond motifs is 6. The minimum absolute atomic E-state index is 0.516. The molecule has 0 aliphatic heterocycles. The van der Waals surface area contributed by atoms with Gasteiger partial charge in [0.15, 0.2) is 34.9 Å². The maximum absolute atomic E-state index is 6.77. The van der Waals surface area contributed by atoms with Crippen LogP contribution in [-0.4, -0.2) is 34.5 Å². The number of rotatable bonds is 7. The molecule has 4 heterocycles. The number of nitrogens with zero attached hydrogens (tertiary/aromatic N) is 7. The second kappa shape index (κ2) is 14.6. The fourth-order valence-electron chi connectivity index (χ4n) is 8.35. The van der Waals surface area contributed by atoms with Crippen molar-refractivity contribution in [2.24, 2.45) is 0 Å². The highest BCUT2D eigenvalue weighted by molar-refractivity contribution is 6.10. The van der Waals surface area contributed by atoms with E-state index in [9.17, 15) is 0 Å². The van der Waals surface area contributed by atoms with E-state index in [0.29, 0.717) is 46.1 Å². The van der Waals surface area contributed by atoms with Crippen molar-refractivity contribution in [3.05, 3.63) is 200 Å². The van der Waals surface area contributed by atoms with Crippen molar-refractivity contribution in [1.82, 2.24) is 34.5 Å². The van der Waals surface area contributed by atoms with Gasteiger partial charge in [0.25, 0.3) is 0 Å². The van der Waals surface area contributed by atoms with E-state index in [1.54, 1.807) is 0 Å². The first-order valence-corrected chi connectivity index (χ1v) is 20.5. The largest absolute Gasteiger partial charge is 0.455 e. The zero-order valence-corrected chi connectivity index (χ0v) is 33.1. The SMILES string of the molecule is c1ccc(-c2nc(-c3ccccc3)nc(-c3ccc4c(c3)oc3c(-c5nc(-c6ccccc6)nc(-c6ccc(-n7c8ccccc8c8ccccc87)cc6)n5)cccc34)n2)cc1. The van der Waals surface area contributed by atoms with Crippen LogP contribution in [0.15, 0.2) is 205 Å². The van der Waals surface area contributed by atoms with Crippen molar-refractivity contribution in [2.45, 2.75) is 0 Å². The summed E-state index contributed by atoms with van der Waals surface area (Å²) in [4.78, 5) is 30.0. The number of para-hydroxylation sites is 3. The third-order valence-corrected chi connectivity index (χ3v) is 11.3. The van der Waals surface area contributed by atoms with Crippen LogP contribution in [0, 0.1) is 0 Å². The Morgan fingerprint density at radius 3 is 1.26 bits per heavy atom. The van der Waals surface area contributed by atoms with Crippen LogP contribution in [0.4, 0.5) is 0 Å². The van der Waals surface area contributed by atoms with Crippen LogP contribution >= 0.6 is 0 Å². The van der Waals surface area contributed by atoms with E-state index in [1.165, 1.54) is 10.8 Å². The van der Waals surface area contributed by atoms with E-state index in [-0.39, 0.29) is 0 Å². The molecule has 0 N–H and O–H groups in total. The molecule has 0 bridgehead atoms. The van der Waals surface area contributed by atoms with Crippen LogP contribution in [0.3, 0.4) is 0 Å². The van der Waals surface area contributed by atoms with E-state index in [2.05, 4.69) is 89.5 Å². The van der Waals surface area contributed by atoms with Gasteiger partial charge in [-0.05, 0) is 54.6 Å². The van der Waals surface area contributed by atoms with Crippen molar-refractivity contribution in [2.75, 3.05) is 0 Å². The van der Waals surface area contributed by atoms with Gasteiger partial charge in [0.1, 0.15) is 11.2 Å². The van der Waals surface area contributed by atoms with Crippen LogP contribution in [0.5, 0.6) is 0 Å². The first-order chi connectivity index (χ1) is 30.7. The highest BCUT2D eigenvalue weighted by atomic mass is 16.3. The number of aromatic nitrogens is 7. The molecular weight excluding hydrogens is 763 g/mol. The average molecular weight is 796 g/mol. The minimum atomic E-state index is 0.516. The normalized spacial score (nSPS) is 11.5. The predicted octanol–water partition coefficient (Wildman–Crippen LogP) is 13.1. The molecule has 0 unspecified atom stereocenters. The first-order valence-electron chi connectivity index (χ1n) is 20.5. The molecule has 0 atom stereocenters. The lowest BCUT2D eigenvalue weighted by Gasteiger charge is -2.11. The molecule has 4 aromatic heterocycles. The monoisotopic (exact) mass is 795 g/mol.